The van der Waals surface area contributed by atoms with Gasteiger partial charge in [0.25, 0.3) is 0 Å². The van der Waals surface area contributed by atoms with E-state index in [0.29, 0.717) is 18.1 Å². The summed E-state index contributed by atoms with van der Waals surface area (Å²) in [6.07, 6.45) is 4.48. The molecule has 1 aliphatic rings. The van der Waals surface area contributed by atoms with Crippen molar-refractivity contribution in [2.45, 2.75) is 13.3 Å². The topological polar surface area (TPSA) is 36.4 Å². The Labute approximate surface area is 174 Å². The highest BCUT2D eigenvalue weighted by atomic mass is 35.5. The van der Waals surface area contributed by atoms with Crippen molar-refractivity contribution in [3.63, 3.8) is 0 Å². The molecule has 4 nitrogen and oxygen atoms in total. The van der Waals surface area contributed by atoms with Crippen LogP contribution in [0.15, 0.2) is 48.5 Å². The van der Waals surface area contributed by atoms with Crippen molar-refractivity contribution in [3.8, 4) is 0 Å². The van der Waals surface area contributed by atoms with Crippen molar-refractivity contribution >= 4 is 50.3 Å². The fourth-order valence-electron chi connectivity index (χ4n) is 3.31. The molecule has 6 heteroatoms. The van der Waals surface area contributed by atoms with Crippen LogP contribution >= 0.6 is 22.9 Å². The van der Waals surface area contributed by atoms with Crippen molar-refractivity contribution in [2.24, 2.45) is 0 Å². The quantitative estimate of drug-likeness (QED) is 0.574. The van der Waals surface area contributed by atoms with E-state index in [9.17, 15) is 4.79 Å². The second kappa shape index (κ2) is 8.33. The molecule has 0 aliphatic carbocycles. The van der Waals surface area contributed by atoms with Crippen molar-refractivity contribution in [1.29, 1.82) is 0 Å². The maximum atomic E-state index is 12.5. The van der Waals surface area contributed by atoms with E-state index in [-0.39, 0.29) is 5.91 Å². The van der Waals surface area contributed by atoms with Crippen molar-refractivity contribution in [2.75, 3.05) is 31.1 Å². The van der Waals surface area contributed by atoms with Gasteiger partial charge in [-0.05, 0) is 47.9 Å². The minimum atomic E-state index is 0.0384. The van der Waals surface area contributed by atoms with Crippen LogP contribution in [0.5, 0.6) is 0 Å². The number of piperazine rings is 1. The Morgan fingerprint density at radius 2 is 2.00 bits per heavy atom. The summed E-state index contributed by atoms with van der Waals surface area (Å²) in [5, 5.41) is 1.72. The van der Waals surface area contributed by atoms with Gasteiger partial charge in [0.05, 0.1) is 10.2 Å². The molecule has 144 valence electrons. The Morgan fingerprint density at radius 3 is 2.75 bits per heavy atom. The highest BCUT2D eigenvalue weighted by molar-refractivity contribution is 7.22. The largest absolute Gasteiger partial charge is 0.345 e. The number of hydrogen-bond donors (Lipinski definition) is 0. The molecule has 28 heavy (non-hydrogen) atoms. The van der Waals surface area contributed by atoms with Gasteiger partial charge in [-0.25, -0.2) is 4.98 Å². The molecule has 1 aromatic heterocycles. The number of thiazole rings is 1. The van der Waals surface area contributed by atoms with E-state index in [1.54, 1.807) is 17.4 Å². The molecule has 1 amide bonds. The average Bonchev–Trinajstić information content (AvgIpc) is 3.15. The van der Waals surface area contributed by atoms with Gasteiger partial charge in [-0.2, -0.15) is 0 Å². The summed E-state index contributed by atoms with van der Waals surface area (Å²) < 4.78 is 1.23. The van der Waals surface area contributed by atoms with Gasteiger partial charge < -0.3 is 9.80 Å². The maximum Gasteiger partial charge on any atom is 0.246 e. The summed E-state index contributed by atoms with van der Waals surface area (Å²) in [5.41, 5.74) is 3.32. The van der Waals surface area contributed by atoms with E-state index in [1.807, 2.05) is 35.2 Å². The SMILES string of the molecule is CCc1ccc2nc(N3CCN(C(=O)/C=C/c4cccc(Cl)c4)CC3)sc2c1. The van der Waals surface area contributed by atoms with E-state index in [1.165, 1.54) is 10.3 Å². The van der Waals surface area contributed by atoms with E-state index in [4.69, 9.17) is 16.6 Å². The number of fused-ring (bicyclic) bond motifs is 1. The zero-order valence-electron chi connectivity index (χ0n) is 15.8. The Balaban J connectivity index is 1.38. The molecule has 3 aromatic rings. The van der Waals surface area contributed by atoms with Gasteiger partial charge in [-0.1, -0.05) is 48.1 Å². The Kier molecular flexibility index (Phi) is 5.64. The van der Waals surface area contributed by atoms with Crippen LogP contribution in [0.3, 0.4) is 0 Å². The van der Waals surface area contributed by atoms with Crippen LogP contribution in [0.4, 0.5) is 5.13 Å². The maximum absolute atomic E-state index is 12.5. The standard InChI is InChI=1S/C22H22ClN3OS/c1-2-16-6-8-19-20(15-16)28-22(24-19)26-12-10-25(11-13-26)21(27)9-7-17-4-3-5-18(23)14-17/h3-9,14-15H,2,10-13H2,1H3/b9-7+. The van der Waals surface area contributed by atoms with Crippen LogP contribution in [0, 0.1) is 0 Å². The molecule has 0 radical (unpaired) electrons. The molecule has 1 saturated heterocycles. The molecular weight excluding hydrogens is 390 g/mol. The van der Waals surface area contributed by atoms with E-state index >= 15 is 0 Å². The van der Waals surface area contributed by atoms with Gasteiger partial charge in [-0.15, -0.1) is 0 Å². The Bertz CT molecular complexity index is 1020. The monoisotopic (exact) mass is 411 g/mol. The van der Waals surface area contributed by atoms with Gasteiger partial charge in [0, 0.05) is 37.3 Å². The normalized spacial score (nSPS) is 14.9. The summed E-state index contributed by atoms with van der Waals surface area (Å²) in [4.78, 5) is 21.4. The van der Waals surface area contributed by atoms with Gasteiger partial charge in [0.15, 0.2) is 5.13 Å². The number of hydrogen-bond acceptors (Lipinski definition) is 4. The summed E-state index contributed by atoms with van der Waals surface area (Å²) in [6.45, 7) is 5.18. The second-order valence-electron chi connectivity index (χ2n) is 6.85. The lowest BCUT2D eigenvalue weighted by atomic mass is 10.2. The molecule has 0 N–H and O–H groups in total. The fourth-order valence-corrected chi connectivity index (χ4v) is 4.59. The lowest BCUT2D eigenvalue weighted by Gasteiger charge is -2.34. The predicted molar refractivity (Wildman–Crippen MR) is 118 cm³/mol. The molecule has 2 heterocycles. The second-order valence-corrected chi connectivity index (χ2v) is 8.30. The van der Waals surface area contributed by atoms with Gasteiger partial charge >= 0.3 is 0 Å². The first kappa shape index (κ1) is 19.0. The number of amides is 1. The number of nitrogens with zero attached hydrogens (tertiary/aromatic N) is 3. The Morgan fingerprint density at radius 1 is 1.18 bits per heavy atom. The minimum absolute atomic E-state index is 0.0384. The summed E-state index contributed by atoms with van der Waals surface area (Å²) in [5.74, 6) is 0.0384. The van der Waals surface area contributed by atoms with Crippen LogP contribution in [0.25, 0.3) is 16.3 Å². The zero-order chi connectivity index (χ0) is 19.5. The summed E-state index contributed by atoms with van der Waals surface area (Å²) >= 11 is 7.73. The van der Waals surface area contributed by atoms with Crippen LogP contribution in [0.2, 0.25) is 5.02 Å². The van der Waals surface area contributed by atoms with Crippen LogP contribution in [0.1, 0.15) is 18.1 Å². The number of benzene rings is 2. The van der Waals surface area contributed by atoms with Gasteiger partial charge in [0.2, 0.25) is 5.91 Å². The third-order valence-corrected chi connectivity index (χ3v) is 6.29. The third-order valence-electron chi connectivity index (χ3n) is 4.98. The molecule has 0 unspecified atom stereocenters. The number of carbonyl (C=O) groups is 1. The minimum Gasteiger partial charge on any atom is -0.345 e. The van der Waals surface area contributed by atoms with Gasteiger partial charge in [-0.3, -0.25) is 4.79 Å². The molecule has 1 fully saturated rings. The summed E-state index contributed by atoms with van der Waals surface area (Å²) in [6, 6.07) is 14.0. The smallest absolute Gasteiger partial charge is 0.246 e. The molecule has 1 aliphatic heterocycles. The molecule has 0 spiro atoms. The molecular formula is C22H22ClN3OS. The Hall–Kier alpha value is -2.37. The van der Waals surface area contributed by atoms with Crippen molar-refractivity contribution < 1.29 is 4.79 Å². The number of carbonyl (C=O) groups excluding carboxylic acids is 1. The number of aromatic nitrogens is 1. The fraction of sp³-hybridized carbons (Fsp3) is 0.273. The van der Waals surface area contributed by atoms with Crippen LogP contribution in [-0.4, -0.2) is 42.0 Å². The highest BCUT2D eigenvalue weighted by Crippen LogP contribution is 2.30. The number of anilines is 1. The van der Waals surface area contributed by atoms with E-state index < -0.39 is 0 Å². The number of halogens is 1. The first-order chi connectivity index (χ1) is 13.6. The van der Waals surface area contributed by atoms with Crippen molar-refractivity contribution in [1.82, 2.24) is 9.88 Å². The van der Waals surface area contributed by atoms with Crippen LogP contribution in [-0.2, 0) is 11.2 Å². The van der Waals surface area contributed by atoms with Crippen LogP contribution < -0.4 is 4.90 Å². The number of rotatable bonds is 4. The van der Waals surface area contributed by atoms with Gasteiger partial charge in [0.1, 0.15) is 0 Å². The zero-order valence-corrected chi connectivity index (χ0v) is 17.3. The molecule has 0 bridgehead atoms. The average molecular weight is 412 g/mol. The van der Waals surface area contributed by atoms with E-state index in [0.717, 1.165) is 35.7 Å². The summed E-state index contributed by atoms with van der Waals surface area (Å²) in [7, 11) is 0. The first-order valence-electron chi connectivity index (χ1n) is 9.49. The predicted octanol–water partition coefficient (Wildman–Crippen LogP) is 4.87. The molecule has 0 atom stereocenters. The highest BCUT2D eigenvalue weighted by Gasteiger charge is 2.22. The molecule has 4 rings (SSSR count). The first-order valence-corrected chi connectivity index (χ1v) is 10.7. The molecule has 0 saturated carbocycles. The van der Waals surface area contributed by atoms with E-state index in [2.05, 4.69) is 30.0 Å². The third kappa shape index (κ3) is 4.21. The lowest BCUT2D eigenvalue weighted by molar-refractivity contribution is -0.126. The lowest BCUT2D eigenvalue weighted by Crippen LogP contribution is -2.48. The van der Waals surface area contributed by atoms with Crippen molar-refractivity contribution in [3.05, 3.63) is 64.7 Å². The molecule has 2 aromatic carbocycles. The number of aryl methyl sites for hydroxylation is 1.